The highest BCUT2D eigenvalue weighted by Gasteiger charge is 2.29. The molecular weight excluding hydrogens is 350 g/mol. The van der Waals surface area contributed by atoms with Gasteiger partial charge >= 0.3 is 0 Å². The number of hydrogen-bond donors (Lipinski definition) is 0. The van der Waals surface area contributed by atoms with E-state index >= 15 is 0 Å². The summed E-state index contributed by atoms with van der Waals surface area (Å²) >= 11 is 1.43. The molecule has 3 heterocycles. The molecule has 0 N–H and O–H groups in total. The monoisotopic (exact) mass is 369 g/mol. The molecule has 1 saturated heterocycles. The summed E-state index contributed by atoms with van der Waals surface area (Å²) in [6, 6.07) is 10.2. The van der Waals surface area contributed by atoms with Crippen LogP contribution < -0.4 is 0 Å². The molecule has 134 valence electrons. The Morgan fingerprint density at radius 2 is 2.15 bits per heavy atom. The minimum Gasteiger partial charge on any atom is -0.370 e. The molecule has 1 atom stereocenters. The van der Waals surface area contributed by atoms with Gasteiger partial charge in [-0.25, -0.2) is 9.67 Å². The number of likely N-dealkylation sites (tertiary alicyclic amines) is 1. The van der Waals surface area contributed by atoms with Crippen LogP contribution in [0.25, 0.3) is 0 Å². The van der Waals surface area contributed by atoms with Crippen molar-refractivity contribution in [2.45, 2.75) is 25.7 Å². The van der Waals surface area contributed by atoms with Gasteiger partial charge < -0.3 is 9.64 Å². The Morgan fingerprint density at radius 1 is 1.27 bits per heavy atom. The van der Waals surface area contributed by atoms with E-state index in [1.54, 1.807) is 10.9 Å². The van der Waals surface area contributed by atoms with Crippen LogP contribution in [0.4, 0.5) is 0 Å². The van der Waals surface area contributed by atoms with Crippen molar-refractivity contribution in [3.63, 3.8) is 0 Å². The maximum absolute atomic E-state index is 12.4. The van der Waals surface area contributed by atoms with Gasteiger partial charge in [0.2, 0.25) is 0 Å². The lowest BCUT2D eigenvalue weighted by Crippen LogP contribution is -2.29. The first kappa shape index (κ1) is 16.9. The van der Waals surface area contributed by atoms with E-state index in [1.807, 2.05) is 46.1 Å². The molecule has 8 heteroatoms. The summed E-state index contributed by atoms with van der Waals surface area (Å²) in [6.45, 7) is 2.31. The molecular formula is C18H19N5O2S. The lowest BCUT2D eigenvalue weighted by atomic mass is 10.2. The van der Waals surface area contributed by atoms with E-state index in [0.29, 0.717) is 32.0 Å². The Labute approximate surface area is 155 Å². The van der Waals surface area contributed by atoms with E-state index < -0.39 is 0 Å². The minimum absolute atomic E-state index is 0.0136. The zero-order valence-corrected chi connectivity index (χ0v) is 15.0. The van der Waals surface area contributed by atoms with Gasteiger partial charge in [0.05, 0.1) is 31.0 Å². The van der Waals surface area contributed by atoms with E-state index in [-0.39, 0.29) is 11.9 Å². The van der Waals surface area contributed by atoms with Gasteiger partial charge in [-0.1, -0.05) is 35.5 Å². The van der Waals surface area contributed by atoms with Crippen molar-refractivity contribution in [3.8, 4) is 0 Å². The first-order valence-electron chi connectivity index (χ1n) is 8.49. The normalized spacial score (nSPS) is 16.9. The van der Waals surface area contributed by atoms with Crippen molar-refractivity contribution >= 4 is 17.2 Å². The Hall–Kier alpha value is -2.58. The number of ether oxygens (including phenoxy) is 1. The summed E-state index contributed by atoms with van der Waals surface area (Å²) < 4.78 is 7.55. The molecule has 1 aliphatic heterocycles. The van der Waals surface area contributed by atoms with Crippen LogP contribution in [0, 0.1) is 0 Å². The number of carbonyl (C=O) groups is 1. The van der Waals surface area contributed by atoms with Crippen molar-refractivity contribution in [1.29, 1.82) is 0 Å². The van der Waals surface area contributed by atoms with Gasteiger partial charge in [-0.15, -0.1) is 16.4 Å². The van der Waals surface area contributed by atoms with E-state index in [9.17, 15) is 4.79 Å². The summed E-state index contributed by atoms with van der Waals surface area (Å²) in [5.41, 5.74) is 4.13. The molecule has 1 fully saturated rings. The van der Waals surface area contributed by atoms with E-state index in [1.165, 1.54) is 11.3 Å². The molecule has 7 nitrogen and oxygen atoms in total. The van der Waals surface area contributed by atoms with Crippen LogP contribution in [-0.2, 0) is 18.0 Å². The fourth-order valence-electron chi connectivity index (χ4n) is 3.03. The smallest absolute Gasteiger partial charge is 0.273 e. The van der Waals surface area contributed by atoms with Crippen LogP contribution in [0.5, 0.6) is 0 Å². The van der Waals surface area contributed by atoms with Gasteiger partial charge in [-0.05, 0) is 12.0 Å². The molecule has 3 aromatic rings. The third-order valence-electron chi connectivity index (χ3n) is 4.40. The number of benzene rings is 1. The van der Waals surface area contributed by atoms with Crippen LogP contribution >= 0.6 is 11.3 Å². The second-order valence-corrected chi connectivity index (χ2v) is 6.95. The molecule has 0 bridgehead atoms. The average Bonchev–Trinajstić information content (AvgIpc) is 3.42. The van der Waals surface area contributed by atoms with Gasteiger partial charge in [-0.2, -0.15) is 0 Å². The van der Waals surface area contributed by atoms with E-state index in [2.05, 4.69) is 15.3 Å². The second-order valence-electron chi connectivity index (χ2n) is 6.24. The molecule has 0 spiro atoms. The maximum atomic E-state index is 12.4. The zero-order chi connectivity index (χ0) is 17.8. The van der Waals surface area contributed by atoms with E-state index in [0.717, 1.165) is 17.7 Å². The van der Waals surface area contributed by atoms with Crippen LogP contribution in [0.15, 0.2) is 47.4 Å². The molecule has 26 heavy (non-hydrogen) atoms. The molecule has 1 aliphatic rings. The maximum Gasteiger partial charge on any atom is 0.273 e. The van der Waals surface area contributed by atoms with Gasteiger partial charge in [-0.3, -0.25) is 4.79 Å². The quantitative estimate of drug-likeness (QED) is 0.668. The van der Waals surface area contributed by atoms with Crippen molar-refractivity contribution in [1.82, 2.24) is 24.9 Å². The second kappa shape index (κ2) is 7.76. The molecule has 1 unspecified atom stereocenters. The lowest BCUT2D eigenvalue weighted by Gasteiger charge is -2.14. The van der Waals surface area contributed by atoms with Crippen molar-refractivity contribution in [2.24, 2.45) is 0 Å². The van der Waals surface area contributed by atoms with Crippen molar-refractivity contribution < 1.29 is 9.53 Å². The number of nitrogens with zero attached hydrogens (tertiary/aromatic N) is 5. The minimum atomic E-state index is -0.0136. The third kappa shape index (κ3) is 3.81. The number of rotatable bonds is 6. The first-order chi connectivity index (χ1) is 12.8. The highest BCUT2D eigenvalue weighted by atomic mass is 32.1. The standard InChI is InChI=1S/C18H19N5O2S/c24-18(17-12-26-13-19-17)22-7-6-16(9-22)23-8-15(20-21-23)11-25-10-14-4-2-1-3-5-14/h1-5,8,12-13,16H,6-7,9-11H2. The van der Waals surface area contributed by atoms with Crippen LogP contribution in [-0.4, -0.2) is 43.9 Å². The zero-order valence-electron chi connectivity index (χ0n) is 14.2. The molecule has 0 aliphatic carbocycles. The van der Waals surface area contributed by atoms with E-state index in [4.69, 9.17) is 4.74 Å². The largest absolute Gasteiger partial charge is 0.370 e. The topological polar surface area (TPSA) is 73.1 Å². The predicted molar refractivity (Wildman–Crippen MR) is 96.6 cm³/mol. The Balaban J connectivity index is 1.30. The van der Waals surface area contributed by atoms with Gasteiger partial charge in [0.1, 0.15) is 11.4 Å². The third-order valence-corrected chi connectivity index (χ3v) is 4.98. The predicted octanol–water partition coefficient (Wildman–Crippen LogP) is 2.54. The summed E-state index contributed by atoms with van der Waals surface area (Å²) in [7, 11) is 0. The summed E-state index contributed by atoms with van der Waals surface area (Å²) in [5, 5.41) is 10.2. The highest BCUT2D eigenvalue weighted by Crippen LogP contribution is 2.22. The fourth-order valence-corrected chi connectivity index (χ4v) is 3.55. The average molecular weight is 369 g/mol. The van der Waals surface area contributed by atoms with Crippen LogP contribution in [0.2, 0.25) is 0 Å². The molecule has 4 rings (SSSR count). The Morgan fingerprint density at radius 3 is 2.96 bits per heavy atom. The Kier molecular flexibility index (Phi) is 5.03. The van der Waals surface area contributed by atoms with Gasteiger partial charge in [0, 0.05) is 18.5 Å². The number of hydrogen-bond acceptors (Lipinski definition) is 6. The summed E-state index contributed by atoms with van der Waals surface area (Å²) in [6.07, 6.45) is 2.77. The van der Waals surface area contributed by atoms with Crippen molar-refractivity contribution in [2.75, 3.05) is 13.1 Å². The van der Waals surface area contributed by atoms with Crippen LogP contribution in [0.3, 0.4) is 0 Å². The number of amides is 1. The van der Waals surface area contributed by atoms with Gasteiger partial charge in [0.25, 0.3) is 5.91 Å². The van der Waals surface area contributed by atoms with Crippen molar-refractivity contribution in [3.05, 3.63) is 64.4 Å². The molecule has 0 radical (unpaired) electrons. The highest BCUT2D eigenvalue weighted by molar-refractivity contribution is 7.07. The van der Waals surface area contributed by atoms with Crippen LogP contribution in [0.1, 0.15) is 34.2 Å². The molecule has 0 saturated carbocycles. The first-order valence-corrected chi connectivity index (χ1v) is 9.44. The molecule has 2 aromatic heterocycles. The van der Waals surface area contributed by atoms with Gasteiger partial charge in [0.15, 0.2) is 0 Å². The molecule has 1 amide bonds. The summed E-state index contributed by atoms with van der Waals surface area (Å²) in [4.78, 5) is 18.3. The number of thiazole rings is 1. The SMILES string of the molecule is O=C(c1cscn1)N1CCC(n2cc(COCc3ccccc3)nn2)C1. The fraction of sp³-hybridized carbons (Fsp3) is 0.333. The number of aromatic nitrogens is 4. The lowest BCUT2D eigenvalue weighted by molar-refractivity contribution is 0.0782. The Bertz CT molecular complexity index is 850. The number of carbonyl (C=O) groups excluding carboxylic acids is 1. The molecule has 1 aromatic carbocycles. The summed E-state index contributed by atoms with van der Waals surface area (Å²) in [5.74, 6) is -0.0136.